The highest BCUT2D eigenvalue weighted by molar-refractivity contribution is 9.08. The van der Waals surface area contributed by atoms with Gasteiger partial charge in [-0.1, -0.05) is 39.1 Å². The van der Waals surface area contributed by atoms with Crippen LogP contribution in [0.25, 0.3) is 0 Å². The van der Waals surface area contributed by atoms with Gasteiger partial charge in [0.25, 0.3) is 0 Å². The minimum Gasteiger partial charge on any atom is -0.469 e. The van der Waals surface area contributed by atoms with Crippen LogP contribution in [0.5, 0.6) is 0 Å². The predicted octanol–water partition coefficient (Wildman–Crippen LogP) is 3.89. The fourth-order valence-corrected chi connectivity index (χ4v) is 3.82. The molecule has 0 N–H and O–H groups in total. The monoisotopic (exact) mass is 365 g/mol. The first-order valence-electron chi connectivity index (χ1n) is 5.94. The molecule has 1 saturated heterocycles. The highest BCUT2D eigenvalue weighted by Crippen LogP contribution is 2.37. The number of esters is 1. The highest BCUT2D eigenvalue weighted by Gasteiger charge is 2.30. The second kappa shape index (κ2) is 6.33. The van der Waals surface area contributed by atoms with Gasteiger partial charge in [-0.25, -0.2) is 0 Å². The van der Waals surface area contributed by atoms with Crippen LogP contribution in [0.3, 0.4) is 0 Å². The van der Waals surface area contributed by atoms with Gasteiger partial charge in [-0.3, -0.25) is 4.79 Å². The largest absolute Gasteiger partial charge is 0.469 e. The minimum atomic E-state index is -0.159. The summed E-state index contributed by atoms with van der Waals surface area (Å²) in [6.45, 7) is 1.43. The highest BCUT2D eigenvalue weighted by atomic mass is 79.9. The van der Waals surface area contributed by atoms with E-state index in [-0.39, 0.29) is 11.9 Å². The van der Waals surface area contributed by atoms with Gasteiger partial charge in [0.05, 0.1) is 23.7 Å². The third kappa shape index (κ3) is 3.01. The Labute approximate surface area is 130 Å². The van der Waals surface area contributed by atoms with Crippen molar-refractivity contribution in [2.45, 2.75) is 11.8 Å². The SMILES string of the molecule is COC(=O)C1CCN(c2ccc(Cl)c(CBr)c2Cl)C1. The quantitative estimate of drug-likeness (QED) is 0.600. The molecular weight excluding hydrogens is 353 g/mol. The third-order valence-corrected chi connectivity index (χ3v) is 4.70. The molecule has 1 unspecified atom stereocenters. The van der Waals surface area contributed by atoms with Crippen LogP contribution in [-0.4, -0.2) is 26.2 Å². The van der Waals surface area contributed by atoms with E-state index in [1.807, 2.05) is 12.1 Å². The molecule has 2 rings (SSSR count). The lowest BCUT2D eigenvalue weighted by molar-refractivity contribution is -0.144. The van der Waals surface area contributed by atoms with Crippen LogP contribution in [0.2, 0.25) is 10.0 Å². The van der Waals surface area contributed by atoms with E-state index in [2.05, 4.69) is 20.8 Å². The van der Waals surface area contributed by atoms with Crippen molar-refractivity contribution in [2.75, 3.05) is 25.1 Å². The van der Waals surface area contributed by atoms with Gasteiger partial charge in [0.15, 0.2) is 0 Å². The van der Waals surface area contributed by atoms with Crippen LogP contribution < -0.4 is 4.90 Å². The van der Waals surface area contributed by atoms with Crippen molar-refractivity contribution in [1.82, 2.24) is 0 Å². The molecule has 1 aliphatic rings. The summed E-state index contributed by atoms with van der Waals surface area (Å²) in [7, 11) is 1.42. The molecule has 3 nitrogen and oxygen atoms in total. The van der Waals surface area contributed by atoms with Crippen LogP contribution in [0.15, 0.2) is 12.1 Å². The number of benzene rings is 1. The molecule has 0 saturated carbocycles. The Morgan fingerprint density at radius 3 is 2.89 bits per heavy atom. The van der Waals surface area contributed by atoms with Crippen molar-refractivity contribution < 1.29 is 9.53 Å². The summed E-state index contributed by atoms with van der Waals surface area (Å²) >= 11 is 15.9. The number of hydrogen-bond acceptors (Lipinski definition) is 3. The molecule has 0 bridgehead atoms. The molecule has 1 aliphatic heterocycles. The fraction of sp³-hybridized carbons (Fsp3) is 0.462. The van der Waals surface area contributed by atoms with Gasteiger partial charge in [0.1, 0.15) is 0 Å². The molecule has 0 aliphatic carbocycles. The summed E-state index contributed by atoms with van der Waals surface area (Å²) < 4.78 is 4.79. The van der Waals surface area contributed by atoms with E-state index < -0.39 is 0 Å². The molecule has 104 valence electrons. The molecule has 19 heavy (non-hydrogen) atoms. The Kier molecular flexibility index (Phi) is 4.98. The van der Waals surface area contributed by atoms with Gasteiger partial charge in [-0.15, -0.1) is 0 Å². The number of rotatable bonds is 3. The average Bonchev–Trinajstić information content (AvgIpc) is 2.88. The van der Waals surface area contributed by atoms with Gasteiger partial charge in [0.2, 0.25) is 0 Å². The van der Waals surface area contributed by atoms with E-state index >= 15 is 0 Å². The number of ether oxygens (including phenoxy) is 1. The summed E-state index contributed by atoms with van der Waals surface area (Å²) in [4.78, 5) is 13.6. The minimum absolute atomic E-state index is 0.0795. The number of carbonyl (C=O) groups is 1. The zero-order valence-electron chi connectivity index (χ0n) is 10.5. The summed E-state index contributed by atoms with van der Waals surface area (Å²) in [5.41, 5.74) is 1.80. The second-order valence-electron chi connectivity index (χ2n) is 4.45. The molecule has 1 atom stereocenters. The number of hydrogen-bond donors (Lipinski definition) is 0. The lowest BCUT2D eigenvalue weighted by Gasteiger charge is -2.21. The lowest BCUT2D eigenvalue weighted by Crippen LogP contribution is -2.23. The van der Waals surface area contributed by atoms with E-state index in [9.17, 15) is 4.79 Å². The van der Waals surface area contributed by atoms with Crippen molar-refractivity contribution in [3.63, 3.8) is 0 Å². The number of methoxy groups -OCH3 is 1. The summed E-state index contributed by atoms with van der Waals surface area (Å²) in [5.74, 6) is -0.238. The number of nitrogens with zero attached hydrogens (tertiary/aromatic N) is 1. The molecule has 0 aromatic heterocycles. The zero-order valence-corrected chi connectivity index (χ0v) is 13.6. The van der Waals surface area contributed by atoms with Crippen molar-refractivity contribution in [2.24, 2.45) is 5.92 Å². The maximum absolute atomic E-state index is 11.5. The lowest BCUT2D eigenvalue weighted by atomic mass is 10.1. The molecule has 1 fully saturated rings. The molecule has 0 radical (unpaired) electrons. The number of carbonyl (C=O) groups excluding carboxylic acids is 1. The van der Waals surface area contributed by atoms with Gasteiger partial charge >= 0.3 is 5.97 Å². The van der Waals surface area contributed by atoms with Gasteiger partial charge in [0, 0.05) is 29.0 Å². The smallest absolute Gasteiger partial charge is 0.310 e. The summed E-state index contributed by atoms with van der Waals surface area (Å²) in [6, 6.07) is 3.74. The Morgan fingerprint density at radius 2 is 2.26 bits per heavy atom. The molecule has 6 heteroatoms. The summed E-state index contributed by atoms with van der Waals surface area (Å²) in [6.07, 6.45) is 0.787. The number of alkyl halides is 1. The zero-order chi connectivity index (χ0) is 14.0. The Balaban J connectivity index is 2.22. The Morgan fingerprint density at radius 1 is 1.53 bits per heavy atom. The van der Waals surface area contributed by atoms with E-state index in [1.165, 1.54) is 7.11 Å². The normalized spacial score (nSPS) is 18.7. The third-order valence-electron chi connectivity index (χ3n) is 3.36. The predicted molar refractivity (Wildman–Crippen MR) is 81.4 cm³/mol. The molecule has 1 heterocycles. The maximum Gasteiger partial charge on any atom is 0.310 e. The van der Waals surface area contributed by atoms with Crippen molar-refractivity contribution in [1.29, 1.82) is 0 Å². The van der Waals surface area contributed by atoms with Gasteiger partial charge in [-0.05, 0) is 18.6 Å². The van der Waals surface area contributed by atoms with E-state index in [0.29, 0.717) is 21.9 Å². The average molecular weight is 367 g/mol. The van der Waals surface area contributed by atoms with Crippen LogP contribution in [0.1, 0.15) is 12.0 Å². The Bertz CT molecular complexity index is 496. The van der Waals surface area contributed by atoms with E-state index in [4.69, 9.17) is 27.9 Å². The maximum atomic E-state index is 11.5. The summed E-state index contributed by atoms with van der Waals surface area (Å²) in [5, 5.41) is 1.90. The van der Waals surface area contributed by atoms with Gasteiger partial charge < -0.3 is 9.64 Å². The standard InChI is InChI=1S/C13H14BrCl2NO2/c1-19-13(18)8-4-5-17(7-8)11-3-2-10(15)9(6-14)12(11)16/h2-3,8H,4-7H2,1H3. The first kappa shape index (κ1) is 14.9. The van der Waals surface area contributed by atoms with Crippen LogP contribution in [0.4, 0.5) is 5.69 Å². The molecule has 0 spiro atoms. The van der Waals surface area contributed by atoms with Gasteiger partial charge in [-0.2, -0.15) is 0 Å². The fourth-order valence-electron chi connectivity index (χ4n) is 2.29. The van der Waals surface area contributed by atoms with E-state index in [1.54, 1.807) is 0 Å². The molecule has 1 aromatic rings. The Hall–Kier alpha value is -0.450. The second-order valence-corrected chi connectivity index (χ2v) is 5.79. The number of anilines is 1. The first-order valence-corrected chi connectivity index (χ1v) is 7.81. The molecule has 0 amide bonds. The van der Waals surface area contributed by atoms with E-state index in [0.717, 1.165) is 24.2 Å². The van der Waals surface area contributed by atoms with Crippen LogP contribution in [-0.2, 0) is 14.9 Å². The molecule has 1 aromatic carbocycles. The number of halogens is 3. The topological polar surface area (TPSA) is 29.5 Å². The van der Waals surface area contributed by atoms with Crippen LogP contribution in [0, 0.1) is 5.92 Å². The molecular formula is C13H14BrCl2NO2. The first-order chi connectivity index (χ1) is 9.08. The van der Waals surface area contributed by atoms with Crippen molar-refractivity contribution in [3.8, 4) is 0 Å². The van der Waals surface area contributed by atoms with Crippen LogP contribution >= 0.6 is 39.1 Å². The van der Waals surface area contributed by atoms with Crippen molar-refractivity contribution in [3.05, 3.63) is 27.7 Å². The van der Waals surface area contributed by atoms with Crippen molar-refractivity contribution >= 4 is 50.8 Å².